The van der Waals surface area contributed by atoms with Crippen molar-refractivity contribution in [2.24, 2.45) is 0 Å². The van der Waals surface area contributed by atoms with Crippen LogP contribution in [-0.4, -0.2) is 50.9 Å². The molecule has 3 aromatic rings. The molecule has 1 fully saturated rings. The Labute approximate surface area is 240 Å². The zero-order chi connectivity index (χ0) is 28.7. The highest BCUT2D eigenvalue weighted by molar-refractivity contribution is 7.92. The highest BCUT2D eigenvalue weighted by atomic mass is 35.5. The number of carbonyl (C=O) groups is 2. The number of nitrogens with one attached hydrogen (secondary N) is 1. The van der Waals surface area contributed by atoms with Gasteiger partial charge in [0.05, 0.1) is 17.7 Å². The van der Waals surface area contributed by atoms with Gasteiger partial charge in [-0.15, -0.1) is 0 Å². The van der Waals surface area contributed by atoms with Gasteiger partial charge in [-0.05, 0) is 61.7 Å². The lowest BCUT2D eigenvalue weighted by atomic mass is 10.1. The molecule has 0 bridgehead atoms. The third-order valence-corrected chi connectivity index (χ3v) is 9.13. The minimum atomic E-state index is -4.14. The maximum atomic E-state index is 14.0. The van der Waals surface area contributed by atoms with E-state index in [1.165, 1.54) is 24.1 Å². The van der Waals surface area contributed by atoms with E-state index < -0.39 is 28.5 Å². The molecule has 1 aliphatic carbocycles. The lowest BCUT2D eigenvalue weighted by molar-refractivity contribution is -0.139. The summed E-state index contributed by atoms with van der Waals surface area (Å²) in [5.41, 5.74) is 1.03. The first-order chi connectivity index (χ1) is 19.2. The van der Waals surface area contributed by atoms with Crippen LogP contribution < -0.4 is 14.4 Å². The Morgan fingerprint density at radius 1 is 1.00 bits per heavy atom. The minimum Gasteiger partial charge on any atom is -0.497 e. The van der Waals surface area contributed by atoms with Crippen molar-refractivity contribution in [2.75, 3.05) is 18.0 Å². The smallest absolute Gasteiger partial charge is 0.264 e. The molecule has 0 saturated heterocycles. The van der Waals surface area contributed by atoms with Crippen molar-refractivity contribution in [1.29, 1.82) is 0 Å². The van der Waals surface area contributed by atoms with Gasteiger partial charge in [0.25, 0.3) is 10.0 Å². The number of benzene rings is 3. The molecule has 4 rings (SSSR count). The molecule has 2 amide bonds. The van der Waals surface area contributed by atoms with Gasteiger partial charge >= 0.3 is 0 Å². The van der Waals surface area contributed by atoms with Gasteiger partial charge in [-0.25, -0.2) is 8.42 Å². The first-order valence-corrected chi connectivity index (χ1v) is 15.1. The summed E-state index contributed by atoms with van der Waals surface area (Å²) < 4.78 is 34.1. The fraction of sp³-hybridized carbons (Fsp3) is 0.333. The minimum absolute atomic E-state index is 0.0434. The van der Waals surface area contributed by atoms with Crippen molar-refractivity contribution in [3.63, 3.8) is 0 Å². The van der Waals surface area contributed by atoms with E-state index in [-0.39, 0.29) is 29.1 Å². The Morgan fingerprint density at radius 3 is 2.33 bits per heavy atom. The predicted molar refractivity (Wildman–Crippen MR) is 156 cm³/mol. The number of carbonyl (C=O) groups excluding carboxylic acids is 2. The molecule has 0 spiro atoms. The van der Waals surface area contributed by atoms with Crippen LogP contribution in [0.2, 0.25) is 5.02 Å². The Bertz CT molecular complexity index is 1410. The van der Waals surface area contributed by atoms with Crippen molar-refractivity contribution in [2.45, 2.75) is 56.1 Å². The topological polar surface area (TPSA) is 96.0 Å². The average molecular weight is 584 g/mol. The second-order valence-corrected chi connectivity index (χ2v) is 12.1. The summed E-state index contributed by atoms with van der Waals surface area (Å²) in [5.74, 6) is -0.347. The number of anilines is 1. The van der Waals surface area contributed by atoms with E-state index >= 15 is 0 Å². The molecular formula is C30H34ClN3O5S. The zero-order valence-corrected chi connectivity index (χ0v) is 24.2. The van der Waals surface area contributed by atoms with Gasteiger partial charge in [-0.2, -0.15) is 0 Å². The van der Waals surface area contributed by atoms with Crippen molar-refractivity contribution in [3.8, 4) is 5.75 Å². The number of sulfonamides is 1. The molecule has 1 aliphatic rings. The van der Waals surface area contributed by atoms with Crippen LogP contribution in [0.3, 0.4) is 0 Å². The number of nitrogens with zero attached hydrogens (tertiary/aromatic N) is 2. The zero-order valence-electron chi connectivity index (χ0n) is 22.6. The maximum Gasteiger partial charge on any atom is 0.264 e. The molecule has 10 heteroatoms. The number of halogens is 1. The Balaban J connectivity index is 1.68. The van der Waals surface area contributed by atoms with Gasteiger partial charge in [0.15, 0.2) is 0 Å². The van der Waals surface area contributed by atoms with E-state index in [0.29, 0.717) is 10.8 Å². The summed E-state index contributed by atoms with van der Waals surface area (Å²) in [5, 5.41) is 3.61. The van der Waals surface area contributed by atoms with Crippen LogP contribution in [-0.2, 0) is 26.2 Å². The van der Waals surface area contributed by atoms with Crippen molar-refractivity contribution >= 4 is 39.1 Å². The number of hydrogen-bond acceptors (Lipinski definition) is 5. The van der Waals surface area contributed by atoms with E-state index in [0.717, 1.165) is 35.6 Å². The molecule has 1 atom stereocenters. The second kappa shape index (κ2) is 13.2. The van der Waals surface area contributed by atoms with Crippen molar-refractivity contribution < 1.29 is 22.7 Å². The first-order valence-electron chi connectivity index (χ1n) is 13.2. The number of methoxy groups -OCH3 is 1. The number of ether oxygens (including phenoxy) is 1. The second-order valence-electron chi connectivity index (χ2n) is 9.84. The van der Waals surface area contributed by atoms with Crippen LogP contribution in [0.4, 0.5) is 5.69 Å². The first kappa shape index (κ1) is 29.4. The van der Waals surface area contributed by atoms with Crippen LogP contribution in [0.15, 0.2) is 83.8 Å². The SMILES string of the molecule is COc1cccc(N(CC(=O)N(Cc2ccc(Cl)cc2)[C@H](C)C(=O)NC2CCCC2)S(=O)(=O)c2ccccc2)c1. The summed E-state index contributed by atoms with van der Waals surface area (Å²) in [6, 6.07) is 20.7. The highest BCUT2D eigenvalue weighted by Gasteiger charge is 2.33. The van der Waals surface area contributed by atoms with E-state index in [1.807, 2.05) is 0 Å². The monoisotopic (exact) mass is 583 g/mol. The van der Waals surface area contributed by atoms with Crippen LogP contribution in [0.1, 0.15) is 38.2 Å². The molecule has 212 valence electrons. The van der Waals surface area contributed by atoms with Gasteiger partial charge in [0, 0.05) is 23.7 Å². The average Bonchev–Trinajstić information content (AvgIpc) is 3.48. The van der Waals surface area contributed by atoms with Gasteiger partial charge in [-0.1, -0.05) is 60.8 Å². The number of rotatable bonds is 11. The predicted octanol–water partition coefficient (Wildman–Crippen LogP) is 5.02. The highest BCUT2D eigenvalue weighted by Crippen LogP contribution is 2.28. The summed E-state index contributed by atoms with van der Waals surface area (Å²) in [6.45, 7) is 1.26. The largest absolute Gasteiger partial charge is 0.497 e. The van der Waals surface area contributed by atoms with Crippen molar-refractivity contribution in [1.82, 2.24) is 10.2 Å². The van der Waals surface area contributed by atoms with Crippen LogP contribution in [0.5, 0.6) is 5.75 Å². The molecule has 1 saturated carbocycles. The molecule has 0 aliphatic heterocycles. The van der Waals surface area contributed by atoms with Crippen molar-refractivity contribution in [3.05, 3.63) is 89.4 Å². The Morgan fingerprint density at radius 2 is 1.68 bits per heavy atom. The summed E-state index contributed by atoms with van der Waals surface area (Å²) in [4.78, 5) is 28.7. The standard InChI is InChI=1S/C30H34ClN3O5S/c1-22(30(36)32-25-9-6-7-10-25)33(20-23-15-17-24(31)18-16-23)29(35)21-34(26-11-8-12-27(19-26)39-2)40(37,38)28-13-4-3-5-14-28/h3-5,8,11-19,22,25H,6-7,9-10,20-21H2,1-2H3,(H,32,36)/t22-/m1/s1. The van der Waals surface area contributed by atoms with Crippen LogP contribution >= 0.6 is 11.6 Å². The van der Waals surface area contributed by atoms with Crippen LogP contribution in [0.25, 0.3) is 0 Å². The normalized spacial score (nSPS) is 14.4. The number of amides is 2. The summed E-state index contributed by atoms with van der Waals surface area (Å²) in [6.07, 6.45) is 3.92. The Hall–Kier alpha value is -3.56. The lowest BCUT2D eigenvalue weighted by Gasteiger charge is -2.32. The van der Waals surface area contributed by atoms with Crippen LogP contribution in [0, 0.1) is 0 Å². The molecule has 40 heavy (non-hydrogen) atoms. The van der Waals surface area contributed by atoms with Gasteiger partial charge in [0.1, 0.15) is 18.3 Å². The fourth-order valence-corrected chi connectivity index (χ4v) is 6.33. The quantitative estimate of drug-likeness (QED) is 0.342. The Kier molecular flexibility index (Phi) is 9.71. The lowest BCUT2D eigenvalue weighted by Crippen LogP contribution is -2.52. The van der Waals surface area contributed by atoms with E-state index in [2.05, 4.69) is 5.32 Å². The third-order valence-electron chi connectivity index (χ3n) is 7.09. The van der Waals surface area contributed by atoms with Gasteiger partial charge < -0.3 is 15.0 Å². The molecule has 0 radical (unpaired) electrons. The summed E-state index contributed by atoms with van der Waals surface area (Å²) in [7, 11) is -2.65. The summed E-state index contributed by atoms with van der Waals surface area (Å²) >= 11 is 6.06. The van der Waals surface area contributed by atoms with Gasteiger partial charge in [0.2, 0.25) is 11.8 Å². The van der Waals surface area contributed by atoms with Gasteiger partial charge in [-0.3, -0.25) is 13.9 Å². The third kappa shape index (κ3) is 7.14. The molecule has 1 N–H and O–H groups in total. The number of hydrogen-bond donors (Lipinski definition) is 1. The maximum absolute atomic E-state index is 14.0. The van der Waals surface area contributed by atoms with E-state index in [1.54, 1.807) is 73.7 Å². The molecule has 0 heterocycles. The molecule has 0 unspecified atom stereocenters. The molecule has 3 aromatic carbocycles. The van der Waals surface area contributed by atoms with E-state index in [9.17, 15) is 18.0 Å². The fourth-order valence-electron chi connectivity index (χ4n) is 4.78. The molecular weight excluding hydrogens is 550 g/mol. The molecule has 0 aromatic heterocycles. The van der Waals surface area contributed by atoms with E-state index in [4.69, 9.17) is 16.3 Å². The molecule has 8 nitrogen and oxygen atoms in total.